The Bertz CT molecular complexity index is 578. The van der Waals surface area contributed by atoms with Crippen molar-refractivity contribution in [3.63, 3.8) is 0 Å². The number of ketones is 1. The maximum absolute atomic E-state index is 12.0. The molecule has 0 spiro atoms. The summed E-state index contributed by atoms with van der Waals surface area (Å²) in [5.41, 5.74) is 2.85. The van der Waals surface area contributed by atoms with Crippen LogP contribution in [-0.4, -0.2) is 32.3 Å². The molecule has 1 heterocycles. The molecule has 1 aliphatic rings. The van der Waals surface area contributed by atoms with E-state index in [4.69, 9.17) is 0 Å². The second-order valence-electron chi connectivity index (χ2n) is 4.81. The molecule has 1 N–H and O–H groups in total. The van der Waals surface area contributed by atoms with Gasteiger partial charge < -0.3 is 5.32 Å². The third kappa shape index (κ3) is 3.56. The van der Waals surface area contributed by atoms with Crippen LogP contribution < -0.4 is 5.32 Å². The monoisotopic (exact) mass is 281 g/mol. The third-order valence-corrected chi connectivity index (χ3v) is 5.15. The third-order valence-electron chi connectivity index (χ3n) is 3.45. The summed E-state index contributed by atoms with van der Waals surface area (Å²) in [6.07, 6.45) is 2.11. The number of carbonyl (C=O) groups is 1. The summed E-state index contributed by atoms with van der Waals surface area (Å²) < 4.78 is 22.8. The van der Waals surface area contributed by atoms with Gasteiger partial charge in [0.05, 0.1) is 5.75 Å². The summed E-state index contributed by atoms with van der Waals surface area (Å²) in [6.45, 7) is 2.57. The highest BCUT2D eigenvalue weighted by Crippen LogP contribution is 2.23. The summed E-state index contributed by atoms with van der Waals surface area (Å²) in [4.78, 5) is 12.0. The van der Waals surface area contributed by atoms with Crippen molar-refractivity contribution in [3.8, 4) is 0 Å². The van der Waals surface area contributed by atoms with E-state index in [1.165, 1.54) is 0 Å². The highest BCUT2D eigenvalue weighted by molar-refractivity contribution is 7.91. The van der Waals surface area contributed by atoms with E-state index in [2.05, 4.69) is 5.32 Å². The van der Waals surface area contributed by atoms with Gasteiger partial charge in [0.2, 0.25) is 0 Å². The highest BCUT2D eigenvalue weighted by Gasteiger charge is 2.15. The Morgan fingerprint density at radius 2 is 2.16 bits per heavy atom. The number of fused-ring (bicyclic) bond motifs is 1. The number of anilines is 1. The number of nitrogens with one attached hydrogen (secondary N) is 1. The smallest absolute Gasteiger partial charge is 0.163 e. The van der Waals surface area contributed by atoms with Gasteiger partial charge in [0, 0.05) is 30.0 Å². The number of benzene rings is 1. The molecule has 19 heavy (non-hydrogen) atoms. The molecule has 4 nitrogen and oxygen atoms in total. The standard InChI is InChI=1S/C14H19NO3S/c1-2-19(17,18)9-7-14(16)12-5-6-13-11(10-12)4-3-8-15-13/h5-6,10,15H,2-4,7-9H2,1H3. The first-order valence-corrected chi connectivity index (χ1v) is 8.44. The van der Waals surface area contributed by atoms with Gasteiger partial charge in [0.15, 0.2) is 5.78 Å². The fourth-order valence-electron chi connectivity index (χ4n) is 2.19. The highest BCUT2D eigenvalue weighted by atomic mass is 32.2. The molecule has 0 aromatic heterocycles. The molecule has 0 aliphatic carbocycles. The molecular weight excluding hydrogens is 262 g/mol. The SMILES string of the molecule is CCS(=O)(=O)CCC(=O)c1ccc2c(c1)CCCN2. The van der Waals surface area contributed by atoms with Crippen molar-refractivity contribution in [1.82, 2.24) is 0 Å². The Hall–Kier alpha value is -1.36. The summed E-state index contributed by atoms with van der Waals surface area (Å²) in [5, 5.41) is 3.29. The number of aryl methyl sites for hydroxylation is 1. The van der Waals surface area contributed by atoms with Crippen LogP contribution in [0, 0.1) is 0 Å². The van der Waals surface area contributed by atoms with E-state index in [-0.39, 0.29) is 23.7 Å². The molecule has 2 rings (SSSR count). The zero-order valence-electron chi connectivity index (χ0n) is 11.1. The average molecular weight is 281 g/mol. The Morgan fingerprint density at radius 1 is 1.37 bits per heavy atom. The van der Waals surface area contributed by atoms with Crippen molar-refractivity contribution in [2.75, 3.05) is 23.4 Å². The molecule has 5 heteroatoms. The lowest BCUT2D eigenvalue weighted by molar-refractivity contribution is 0.0988. The van der Waals surface area contributed by atoms with Crippen molar-refractivity contribution in [1.29, 1.82) is 0 Å². The van der Waals surface area contributed by atoms with Crippen LogP contribution in [0.15, 0.2) is 18.2 Å². The van der Waals surface area contributed by atoms with Crippen LogP contribution in [-0.2, 0) is 16.3 Å². The van der Waals surface area contributed by atoms with Crippen LogP contribution in [0.25, 0.3) is 0 Å². The summed E-state index contributed by atoms with van der Waals surface area (Å²) in [6, 6.07) is 5.58. The summed E-state index contributed by atoms with van der Waals surface area (Å²) >= 11 is 0. The van der Waals surface area contributed by atoms with Crippen LogP contribution in [0.4, 0.5) is 5.69 Å². The van der Waals surface area contributed by atoms with E-state index < -0.39 is 9.84 Å². The Kier molecular flexibility index (Phi) is 4.24. The van der Waals surface area contributed by atoms with E-state index in [0.717, 1.165) is 30.6 Å². The van der Waals surface area contributed by atoms with Gasteiger partial charge in [0.1, 0.15) is 9.84 Å². The summed E-state index contributed by atoms with van der Waals surface area (Å²) in [7, 11) is -3.07. The van der Waals surface area contributed by atoms with Crippen LogP contribution in [0.1, 0.15) is 35.7 Å². The Balaban J connectivity index is 2.07. The van der Waals surface area contributed by atoms with Gasteiger partial charge in [-0.25, -0.2) is 8.42 Å². The molecule has 0 bridgehead atoms. The maximum atomic E-state index is 12.0. The molecule has 0 atom stereocenters. The van der Waals surface area contributed by atoms with Gasteiger partial charge in [-0.2, -0.15) is 0 Å². The van der Waals surface area contributed by atoms with Gasteiger partial charge in [-0.3, -0.25) is 4.79 Å². The number of Topliss-reactive ketones (excluding diaryl/α,β-unsaturated/α-hetero) is 1. The molecular formula is C14H19NO3S. The number of rotatable bonds is 5. The lowest BCUT2D eigenvalue weighted by atomic mass is 9.98. The zero-order chi connectivity index (χ0) is 13.9. The molecule has 0 radical (unpaired) electrons. The molecule has 0 amide bonds. The summed E-state index contributed by atoms with van der Waals surface area (Å²) in [5.74, 6) is -0.0584. The molecule has 1 aromatic rings. The van der Waals surface area contributed by atoms with Crippen LogP contribution in [0.2, 0.25) is 0 Å². The predicted octanol–water partition coefficient (Wildman–Crippen LogP) is 2.05. The van der Waals surface area contributed by atoms with E-state index in [0.29, 0.717) is 5.56 Å². The van der Waals surface area contributed by atoms with Gasteiger partial charge in [-0.15, -0.1) is 0 Å². The molecule has 0 saturated carbocycles. The van der Waals surface area contributed by atoms with Crippen molar-refractivity contribution >= 4 is 21.3 Å². The second-order valence-corrected chi connectivity index (χ2v) is 7.28. The molecule has 1 aliphatic heterocycles. The maximum Gasteiger partial charge on any atom is 0.163 e. The fraction of sp³-hybridized carbons (Fsp3) is 0.500. The predicted molar refractivity (Wildman–Crippen MR) is 76.5 cm³/mol. The van der Waals surface area contributed by atoms with Crippen LogP contribution in [0.5, 0.6) is 0 Å². The molecule has 0 fully saturated rings. The fourth-order valence-corrected chi connectivity index (χ4v) is 2.97. The van der Waals surface area contributed by atoms with Crippen molar-refractivity contribution in [2.24, 2.45) is 0 Å². The van der Waals surface area contributed by atoms with Gasteiger partial charge in [-0.05, 0) is 36.6 Å². The quantitative estimate of drug-likeness (QED) is 0.839. The minimum Gasteiger partial charge on any atom is -0.385 e. The van der Waals surface area contributed by atoms with E-state index >= 15 is 0 Å². The largest absolute Gasteiger partial charge is 0.385 e. The number of hydrogen-bond acceptors (Lipinski definition) is 4. The molecule has 1 aromatic carbocycles. The van der Waals surface area contributed by atoms with Crippen molar-refractivity contribution in [2.45, 2.75) is 26.2 Å². The lowest BCUT2D eigenvalue weighted by Gasteiger charge is -2.18. The first-order chi connectivity index (χ1) is 9.02. The van der Waals surface area contributed by atoms with E-state index in [1.807, 2.05) is 12.1 Å². The van der Waals surface area contributed by atoms with Gasteiger partial charge in [-0.1, -0.05) is 6.92 Å². The van der Waals surface area contributed by atoms with Crippen molar-refractivity contribution < 1.29 is 13.2 Å². The second kappa shape index (κ2) is 5.74. The van der Waals surface area contributed by atoms with Gasteiger partial charge in [0.25, 0.3) is 0 Å². The first kappa shape index (κ1) is 14.1. The minimum atomic E-state index is -3.07. The zero-order valence-corrected chi connectivity index (χ0v) is 11.9. The normalized spacial score (nSPS) is 14.6. The minimum absolute atomic E-state index is 0.0579. The van der Waals surface area contributed by atoms with Gasteiger partial charge >= 0.3 is 0 Å². The number of hydrogen-bond donors (Lipinski definition) is 1. The molecule has 104 valence electrons. The lowest BCUT2D eigenvalue weighted by Crippen LogP contribution is -2.15. The van der Waals surface area contributed by atoms with Crippen LogP contribution in [0.3, 0.4) is 0 Å². The average Bonchev–Trinajstić information content (AvgIpc) is 2.44. The topological polar surface area (TPSA) is 63.2 Å². The van der Waals surface area contributed by atoms with E-state index in [9.17, 15) is 13.2 Å². The number of carbonyl (C=O) groups excluding carboxylic acids is 1. The van der Waals surface area contributed by atoms with E-state index in [1.54, 1.807) is 13.0 Å². The Morgan fingerprint density at radius 3 is 2.89 bits per heavy atom. The molecule has 0 saturated heterocycles. The van der Waals surface area contributed by atoms with Crippen LogP contribution >= 0.6 is 0 Å². The van der Waals surface area contributed by atoms with Crippen molar-refractivity contribution in [3.05, 3.63) is 29.3 Å². The Labute approximate surface area is 114 Å². The number of sulfone groups is 1. The molecule has 0 unspecified atom stereocenters. The first-order valence-electron chi connectivity index (χ1n) is 6.62.